The van der Waals surface area contributed by atoms with Gasteiger partial charge in [0.15, 0.2) is 0 Å². The molecule has 13 heavy (non-hydrogen) atoms. The normalized spacial score (nSPS) is 22.7. The van der Waals surface area contributed by atoms with Crippen molar-refractivity contribution in [3.05, 3.63) is 0 Å². The number of rotatable bonds is 4. The van der Waals surface area contributed by atoms with Crippen molar-refractivity contribution in [2.24, 2.45) is 5.92 Å². The van der Waals surface area contributed by atoms with Crippen molar-refractivity contribution in [2.45, 2.75) is 12.8 Å². The van der Waals surface area contributed by atoms with Gasteiger partial charge in [-0.2, -0.15) is 0 Å². The Morgan fingerprint density at radius 1 is 1.54 bits per heavy atom. The Labute approximate surface area is 78.6 Å². The van der Waals surface area contributed by atoms with Crippen LogP contribution < -0.4 is 5.32 Å². The van der Waals surface area contributed by atoms with Crippen LogP contribution in [0.2, 0.25) is 0 Å². The molecule has 0 aliphatic carbocycles. The molecule has 0 aromatic rings. The van der Waals surface area contributed by atoms with Gasteiger partial charge in [0.1, 0.15) is 6.61 Å². The molecule has 1 heterocycles. The van der Waals surface area contributed by atoms with E-state index in [1.54, 1.807) is 7.11 Å². The Kier molecular flexibility index (Phi) is 4.78. The van der Waals surface area contributed by atoms with Crippen LogP contribution >= 0.6 is 0 Å². The fraction of sp³-hybridized carbons (Fsp3) is 0.889. The molecule has 0 radical (unpaired) electrons. The SMILES string of the molecule is COCCOC(=O)[C@@H]1CCCNC1. The lowest BCUT2D eigenvalue weighted by Crippen LogP contribution is -2.35. The minimum atomic E-state index is -0.0933. The molecule has 1 rings (SSSR count). The van der Waals surface area contributed by atoms with E-state index < -0.39 is 0 Å². The van der Waals surface area contributed by atoms with Gasteiger partial charge in [-0.05, 0) is 19.4 Å². The molecule has 4 heteroatoms. The molecule has 76 valence electrons. The van der Waals surface area contributed by atoms with E-state index in [1.807, 2.05) is 0 Å². The number of piperidine rings is 1. The highest BCUT2D eigenvalue weighted by Gasteiger charge is 2.21. The summed E-state index contributed by atoms with van der Waals surface area (Å²) in [5.74, 6) is -0.0464. The van der Waals surface area contributed by atoms with Crippen molar-refractivity contribution >= 4 is 5.97 Å². The quantitative estimate of drug-likeness (QED) is 0.503. The number of carbonyl (C=O) groups is 1. The van der Waals surface area contributed by atoms with E-state index in [2.05, 4.69) is 5.32 Å². The summed E-state index contributed by atoms with van der Waals surface area (Å²) in [5, 5.41) is 3.17. The van der Waals surface area contributed by atoms with Crippen LogP contribution in [-0.4, -0.2) is 39.4 Å². The fourth-order valence-electron chi connectivity index (χ4n) is 1.40. The third kappa shape index (κ3) is 3.74. The molecule has 1 aliphatic rings. The summed E-state index contributed by atoms with van der Waals surface area (Å²) >= 11 is 0. The molecule has 1 aliphatic heterocycles. The summed E-state index contributed by atoms with van der Waals surface area (Å²) < 4.78 is 9.80. The van der Waals surface area contributed by atoms with E-state index >= 15 is 0 Å². The van der Waals surface area contributed by atoms with E-state index in [0.717, 1.165) is 25.9 Å². The molecule has 0 aromatic carbocycles. The highest BCUT2D eigenvalue weighted by Crippen LogP contribution is 2.11. The number of ether oxygens (including phenoxy) is 2. The van der Waals surface area contributed by atoms with Gasteiger partial charge in [0.05, 0.1) is 12.5 Å². The fourth-order valence-corrected chi connectivity index (χ4v) is 1.40. The topological polar surface area (TPSA) is 47.6 Å². The second-order valence-electron chi connectivity index (χ2n) is 3.20. The van der Waals surface area contributed by atoms with Crippen LogP contribution in [0.1, 0.15) is 12.8 Å². The Bertz CT molecular complexity index is 155. The molecular weight excluding hydrogens is 170 g/mol. The van der Waals surface area contributed by atoms with Crippen molar-refractivity contribution in [3.63, 3.8) is 0 Å². The zero-order valence-electron chi connectivity index (χ0n) is 8.04. The predicted octanol–water partition coefficient (Wildman–Crippen LogP) is 0.176. The molecule has 0 saturated carbocycles. The number of methoxy groups -OCH3 is 1. The first-order chi connectivity index (χ1) is 6.34. The first kappa shape index (κ1) is 10.5. The minimum absolute atomic E-state index is 0.0469. The monoisotopic (exact) mass is 187 g/mol. The van der Waals surface area contributed by atoms with Crippen molar-refractivity contribution in [3.8, 4) is 0 Å². The van der Waals surface area contributed by atoms with Crippen molar-refractivity contribution in [2.75, 3.05) is 33.4 Å². The maximum absolute atomic E-state index is 11.4. The van der Waals surface area contributed by atoms with E-state index in [4.69, 9.17) is 9.47 Å². The second kappa shape index (κ2) is 5.94. The molecule has 1 N–H and O–H groups in total. The zero-order valence-corrected chi connectivity index (χ0v) is 8.04. The number of carbonyl (C=O) groups excluding carboxylic acids is 1. The van der Waals surface area contributed by atoms with Crippen LogP contribution in [-0.2, 0) is 14.3 Å². The summed E-state index contributed by atoms with van der Waals surface area (Å²) in [5.41, 5.74) is 0. The van der Waals surface area contributed by atoms with E-state index in [9.17, 15) is 4.79 Å². The average molecular weight is 187 g/mol. The zero-order chi connectivity index (χ0) is 9.52. The van der Waals surface area contributed by atoms with Gasteiger partial charge in [-0.1, -0.05) is 0 Å². The minimum Gasteiger partial charge on any atom is -0.463 e. The predicted molar refractivity (Wildman–Crippen MR) is 48.4 cm³/mol. The van der Waals surface area contributed by atoms with Gasteiger partial charge in [-0.3, -0.25) is 4.79 Å². The van der Waals surface area contributed by atoms with E-state index in [-0.39, 0.29) is 11.9 Å². The Morgan fingerprint density at radius 2 is 2.38 bits per heavy atom. The van der Waals surface area contributed by atoms with Crippen LogP contribution in [0, 0.1) is 5.92 Å². The van der Waals surface area contributed by atoms with E-state index in [1.165, 1.54) is 0 Å². The van der Waals surface area contributed by atoms with Gasteiger partial charge in [-0.25, -0.2) is 0 Å². The van der Waals surface area contributed by atoms with Crippen LogP contribution in [0.4, 0.5) is 0 Å². The number of nitrogens with one attached hydrogen (secondary N) is 1. The lowest BCUT2D eigenvalue weighted by Gasteiger charge is -2.20. The van der Waals surface area contributed by atoms with Crippen molar-refractivity contribution < 1.29 is 14.3 Å². The highest BCUT2D eigenvalue weighted by atomic mass is 16.6. The molecular formula is C9H17NO3. The summed E-state index contributed by atoms with van der Waals surface area (Å²) in [6.45, 7) is 2.62. The van der Waals surface area contributed by atoms with Gasteiger partial charge in [0.25, 0.3) is 0 Å². The van der Waals surface area contributed by atoms with Crippen LogP contribution in [0.25, 0.3) is 0 Å². The highest BCUT2D eigenvalue weighted by molar-refractivity contribution is 5.72. The summed E-state index contributed by atoms with van der Waals surface area (Å²) in [6, 6.07) is 0. The lowest BCUT2D eigenvalue weighted by molar-refractivity contribution is -0.150. The standard InChI is InChI=1S/C9H17NO3/c1-12-5-6-13-9(11)8-3-2-4-10-7-8/h8,10H,2-7H2,1H3/t8-/m1/s1. The number of hydrogen-bond acceptors (Lipinski definition) is 4. The van der Waals surface area contributed by atoms with E-state index in [0.29, 0.717) is 13.2 Å². The number of esters is 1. The van der Waals surface area contributed by atoms with Crippen molar-refractivity contribution in [1.29, 1.82) is 0 Å². The second-order valence-corrected chi connectivity index (χ2v) is 3.20. The lowest BCUT2D eigenvalue weighted by atomic mass is 10.0. The first-order valence-corrected chi connectivity index (χ1v) is 4.71. The molecule has 1 saturated heterocycles. The van der Waals surface area contributed by atoms with Crippen molar-refractivity contribution in [1.82, 2.24) is 5.32 Å². The molecule has 1 atom stereocenters. The Balaban J connectivity index is 2.13. The smallest absolute Gasteiger partial charge is 0.310 e. The molecule has 0 spiro atoms. The van der Waals surface area contributed by atoms with Gasteiger partial charge in [0.2, 0.25) is 0 Å². The molecule has 4 nitrogen and oxygen atoms in total. The Hall–Kier alpha value is -0.610. The number of hydrogen-bond donors (Lipinski definition) is 1. The molecule has 0 amide bonds. The largest absolute Gasteiger partial charge is 0.463 e. The van der Waals surface area contributed by atoms with Gasteiger partial charge in [0, 0.05) is 13.7 Å². The van der Waals surface area contributed by atoms with Crippen LogP contribution in [0.15, 0.2) is 0 Å². The average Bonchev–Trinajstić information content (AvgIpc) is 2.19. The van der Waals surface area contributed by atoms with Crippen LogP contribution in [0.5, 0.6) is 0 Å². The maximum Gasteiger partial charge on any atom is 0.310 e. The summed E-state index contributed by atoms with van der Waals surface area (Å²) in [7, 11) is 1.59. The molecule has 0 bridgehead atoms. The van der Waals surface area contributed by atoms with Crippen LogP contribution in [0.3, 0.4) is 0 Å². The summed E-state index contributed by atoms with van der Waals surface area (Å²) in [4.78, 5) is 11.4. The third-order valence-electron chi connectivity index (χ3n) is 2.16. The molecule has 0 unspecified atom stereocenters. The van der Waals surface area contributed by atoms with Gasteiger partial charge < -0.3 is 14.8 Å². The third-order valence-corrected chi connectivity index (χ3v) is 2.16. The summed E-state index contributed by atoms with van der Waals surface area (Å²) in [6.07, 6.45) is 2.00. The molecule has 1 fully saturated rings. The van der Waals surface area contributed by atoms with Gasteiger partial charge in [-0.15, -0.1) is 0 Å². The Morgan fingerprint density at radius 3 is 3.00 bits per heavy atom. The molecule has 0 aromatic heterocycles. The maximum atomic E-state index is 11.4. The first-order valence-electron chi connectivity index (χ1n) is 4.71. The van der Waals surface area contributed by atoms with Gasteiger partial charge >= 0.3 is 5.97 Å².